The Morgan fingerprint density at radius 2 is 1.22 bits per heavy atom. The van der Waals surface area contributed by atoms with Crippen molar-refractivity contribution in [2.75, 3.05) is 13.1 Å². The number of carbonyl (C=O) groups is 5. The number of hydrogen-bond acceptors (Lipinski definition) is 7. The summed E-state index contributed by atoms with van der Waals surface area (Å²) in [4.78, 5) is 58.3. The molecule has 0 spiro atoms. The van der Waals surface area contributed by atoms with Gasteiger partial charge < -0.3 is 35.2 Å². The molecule has 0 saturated heterocycles. The topological polar surface area (TPSA) is 172 Å². The highest BCUT2D eigenvalue weighted by molar-refractivity contribution is 5.86. The van der Waals surface area contributed by atoms with Gasteiger partial charge in [0.15, 0.2) is 0 Å². The normalized spacial score (nSPS) is 12.2. The summed E-state index contributed by atoms with van der Waals surface area (Å²) >= 11 is 0. The number of carboxylic acid groups (broad SMARTS) is 2. The van der Waals surface area contributed by atoms with Crippen LogP contribution in [0.2, 0.25) is 0 Å². The predicted octanol–water partition coefficient (Wildman–Crippen LogP) is 8.60. The number of alkyl carbamates (subject to hydrolysis) is 2. The van der Waals surface area contributed by atoms with E-state index in [0.717, 1.165) is 42.0 Å². The lowest BCUT2D eigenvalue weighted by atomic mass is 10.0. The Balaban J connectivity index is 0.00000175. The number of benzene rings is 2. The van der Waals surface area contributed by atoms with Crippen LogP contribution in [0.5, 0.6) is 0 Å². The molecule has 4 N–H and O–H groups in total. The second-order valence-electron chi connectivity index (χ2n) is 14.2. The molecule has 0 fully saturated rings. The van der Waals surface area contributed by atoms with E-state index in [1.807, 2.05) is 37.8 Å². The van der Waals surface area contributed by atoms with Crippen molar-refractivity contribution < 1.29 is 70.0 Å². The molecule has 55 heavy (non-hydrogen) atoms. The number of carboxylic acids is 2. The van der Waals surface area contributed by atoms with Crippen LogP contribution in [0.4, 0.5) is 35.9 Å². The number of nitrogens with one attached hydrogen (secondary N) is 2. The zero-order chi connectivity index (χ0) is 42.6. The van der Waals surface area contributed by atoms with E-state index in [-0.39, 0.29) is 5.91 Å². The standard InChI is InChI=1S/C33H51N3O5.2C2HF3O2/c1-8-9-10-15-22-36(24-25-19-20-26-16-11-12-17-27(26)23-25)29(37)28(35-31(39)41-33(5,6)7)18-13-14-21-34-30(38)40-32(2,3)4;2*3-2(4,5)1(6)7/h11-12,16-17,19-20,23,28H,8-10,13-15,18,21-22,24H2,1-7H3,(H,34,38)(H,35,39);2*(H,6,7). The lowest BCUT2D eigenvalue weighted by molar-refractivity contribution is -0.193. The van der Waals surface area contributed by atoms with E-state index >= 15 is 0 Å². The maximum absolute atomic E-state index is 14.0. The van der Waals surface area contributed by atoms with Gasteiger partial charge in [-0.3, -0.25) is 4.79 Å². The number of rotatable bonds is 14. The van der Waals surface area contributed by atoms with Crippen LogP contribution >= 0.6 is 0 Å². The summed E-state index contributed by atoms with van der Waals surface area (Å²) < 4.78 is 74.2. The van der Waals surface area contributed by atoms with Gasteiger partial charge in [-0.2, -0.15) is 26.3 Å². The molecule has 2 aromatic carbocycles. The smallest absolute Gasteiger partial charge is 0.475 e. The van der Waals surface area contributed by atoms with Crippen LogP contribution in [0.3, 0.4) is 0 Å². The molecule has 3 amide bonds. The molecule has 0 bridgehead atoms. The van der Waals surface area contributed by atoms with Crippen molar-refractivity contribution in [1.29, 1.82) is 0 Å². The van der Waals surface area contributed by atoms with Crippen molar-refractivity contribution in [3.05, 3.63) is 48.0 Å². The molecule has 0 aliphatic carbocycles. The third kappa shape index (κ3) is 24.3. The third-order valence-electron chi connectivity index (χ3n) is 6.84. The Morgan fingerprint density at radius 3 is 1.71 bits per heavy atom. The van der Waals surface area contributed by atoms with Gasteiger partial charge in [0.05, 0.1) is 0 Å². The fourth-order valence-corrected chi connectivity index (χ4v) is 4.46. The van der Waals surface area contributed by atoms with Crippen LogP contribution in [-0.4, -0.2) is 87.8 Å². The Labute approximate surface area is 316 Å². The van der Waals surface area contributed by atoms with E-state index in [0.29, 0.717) is 38.9 Å². The monoisotopic (exact) mass is 797 g/mol. The summed E-state index contributed by atoms with van der Waals surface area (Å²) in [6, 6.07) is 13.7. The summed E-state index contributed by atoms with van der Waals surface area (Å²) in [5, 5.41) is 22.1. The zero-order valence-electron chi connectivity index (χ0n) is 32.2. The molecule has 0 radical (unpaired) electrons. The molecule has 0 aliphatic heterocycles. The predicted molar refractivity (Wildman–Crippen MR) is 192 cm³/mol. The van der Waals surface area contributed by atoms with Crippen LogP contribution < -0.4 is 10.6 Å². The fraction of sp³-hybridized carbons (Fsp3) is 0.595. The lowest BCUT2D eigenvalue weighted by Crippen LogP contribution is -2.49. The Bertz CT molecular complexity index is 1500. The van der Waals surface area contributed by atoms with E-state index in [1.54, 1.807) is 20.8 Å². The van der Waals surface area contributed by atoms with Crippen molar-refractivity contribution in [3.8, 4) is 0 Å². The number of carbonyl (C=O) groups excluding carboxylic acids is 3. The minimum atomic E-state index is -5.08. The molecule has 1 unspecified atom stereocenters. The lowest BCUT2D eigenvalue weighted by Gasteiger charge is -2.29. The van der Waals surface area contributed by atoms with E-state index in [9.17, 15) is 40.7 Å². The van der Waals surface area contributed by atoms with Gasteiger partial charge >= 0.3 is 36.5 Å². The van der Waals surface area contributed by atoms with Crippen LogP contribution in [0.25, 0.3) is 10.8 Å². The van der Waals surface area contributed by atoms with Crippen LogP contribution in [-0.2, 0) is 30.4 Å². The van der Waals surface area contributed by atoms with Gasteiger partial charge in [0.2, 0.25) is 5.91 Å². The summed E-state index contributed by atoms with van der Waals surface area (Å²) in [7, 11) is 0. The van der Waals surface area contributed by atoms with E-state index < -0.39 is 53.7 Å². The molecule has 12 nitrogen and oxygen atoms in total. The molecule has 2 aromatic rings. The summed E-state index contributed by atoms with van der Waals surface area (Å²) in [5.41, 5.74) is -0.199. The fourth-order valence-electron chi connectivity index (χ4n) is 4.46. The average molecular weight is 798 g/mol. The molecular weight excluding hydrogens is 744 g/mol. The highest BCUT2D eigenvalue weighted by atomic mass is 19.4. The first-order chi connectivity index (χ1) is 25.2. The number of amides is 3. The van der Waals surface area contributed by atoms with Crippen molar-refractivity contribution >= 4 is 40.8 Å². The summed E-state index contributed by atoms with van der Waals surface area (Å²) in [6.07, 6.45) is -5.39. The zero-order valence-corrected chi connectivity index (χ0v) is 32.2. The van der Waals surface area contributed by atoms with Crippen LogP contribution in [0.1, 0.15) is 99.0 Å². The summed E-state index contributed by atoms with van der Waals surface area (Å²) in [6.45, 7) is 14.5. The van der Waals surface area contributed by atoms with E-state index in [4.69, 9.17) is 29.3 Å². The largest absolute Gasteiger partial charge is 0.490 e. The number of hydrogen-bond donors (Lipinski definition) is 4. The molecule has 2 rings (SSSR count). The second-order valence-corrected chi connectivity index (χ2v) is 14.2. The van der Waals surface area contributed by atoms with Gasteiger partial charge in [0.25, 0.3) is 0 Å². The van der Waals surface area contributed by atoms with E-state index in [2.05, 4.69) is 47.9 Å². The Morgan fingerprint density at radius 1 is 0.709 bits per heavy atom. The number of fused-ring (bicyclic) bond motifs is 1. The maximum atomic E-state index is 14.0. The molecule has 312 valence electrons. The van der Waals surface area contributed by atoms with Crippen LogP contribution in [0.15, 0.2) is 42.5 Å². The molecule has 1 atom stereocenters. The molecule has 18 heteroatoms. The minimum absolute atomic E-state index is 0.124. The second kappa shape index (κ2) is 23.2. The number of nitrogens with zero attached hydrogens (tertiary/aromatic N) is 1. The number of alkyl halides is 6. The number of halogens is 6. The van der Waals surface area contributed by atoms with E-state index in [1.165, 1.54) is 0 Å². The SMILES string of the molecule is CCCCCCN(Cc1ccc2ccccc2c1)C(=O)C(CCCCNC(=O)OC(C)(C)C)NC(=O)OC(C)(C)C.O=C(O)C(F)(F)F.O=C(O)C(F)(F)F. The van der Waals surface area contributed by atoms with Gasteiger partial charge in [-0.1, -0.05) is 62.6 Å². The Kier molecular flexibility index (Phi) is 21.2. The molecular formula is C37H53F6N3O9. The van der Waals surface area contributed by atoms with Gasteiger partial charge in [0.1, 0.15) is 17.2 Å². The molecule has 0 aromatic heterocycles. The molecule has 0 aliphatic rings. The number of aliphatic carboxylic acids is 2. The van der Waals surface area contributed by atoms with Crippen molar-refractivity contribution in [1.82, 2.24) is 15.5 Å². The Hall–Kier alpha value is -4.77. The van der Waals surface area contributed by atoms with Gasteiger partial charge in [-0.15, -0.1) is 0 Å². The molecule has 0 heterocycles. The molecule has 0 saturated carbocycles. The highest BCUT2D eigenvalue weighted by Crippen LogP contribution is 2.19. The summed E-state index contributed by atoms with van der Waals surface area (Å²) in [5.74, 6) is -5.64. The van der Waals surface area contributed by atoms with Crippen LogP contribution in [0, 0.1) is 0 Å². The average Bonchev–Trinajstić information content (AvgIpc) is 3.03. The number of ether oxygens (including phenoxy) is 2. The first-order valence-corrected chi connectivity index (χ1v) is 17.5. The van der Waals surface area contributed by atoms with Gasteiger partial charge in [0, 0.05) is 19.6 Å². The maximum Gasteiger partial charge on any atom is 0.490 e. The van der Waals surface area contributed by atoms with Gasteiger partial charge in [-0.25, -0.2) is 19.2 Å². The third-order valence-corrected chi connectivity index (χ3v) is 6.84. The quantitative estimate of drug-likeness (QED) is 0.108. The minimum Gasteiger partial charge on any atom is -0.475 e. The van der Waals surface area contributed by atoms with Gasteiger partial charge in [-0.05, 0) is 89.6 Å². The first kappa shape index (κ1) is 50.2. The highest BCUT2D eigenvalue weighted by Gasteiger charge is 2.39. The van der Waals surface area contributed by atoms with Crippen molar-refractivity contribution in [2.24, 2.45) is 0 Å². The number of unbranched alkanes of at least 4 members (excludes halogenated alkanes) is 4. The van der Waals surface area contributed by atoms with Crippen molar-refractivity contribution in [2.45, 2.75) is 130 Å². The van der Waals surface area contributed by atoms with Crippen molar-refractivity contribution in [3.63, 3.8) is 0 Å². The first-order valence-electron chi connectivity index (χ1n) is 17.5.